The highest BCUT2D eigenvalue weighted by atomic mass is 16.5. The summed E-state index contributed by atoms with van der Waals surface area (Å²) >= 11 is 0. The normalized spacial score (nSPS) is 10.7. The summed E-state index contributed by atoms with van der Waals surface area (Å²) in [6, 6.07) is 10.2. The molecule has 0 bridgehead atoms. The van der Waals surface area contributed by atoms with E-state index in [1.807, 2.05) is 32.0 Å². The van der Waals surface area contributed by atoms with E-state index in [0.717, 1.165) is 11.1 Å². The maximum Gasteiger partial charge on any atom is 0.277 e. The molecular formula is C17H18N2O4. The first kappa shape index (κ1) is 16.4. The van der Waals surface area contributed by atoms with Crippen molar-refractivity contribution >= 4 is 12.1 Å². The molecule has 6 nitrogen and oxygen atoms in total. The Hall–Kier alpha value is -3.02. The molecule has 0 aliphatic carbocycles. The van der Waals surface area contributed by atoms with E-state index < -0.39 is 5.91 Å². The Kier molecular flexibility index (Phi) is 5.19. The van der Waals surface area contributed by atoms with Crippen LogP contribution in [0.5, 0.6) is 17.2 Å². The molecule has 2 aromatic rings. The Labute approximate surface area is 134 Å². The topological polar surface area (TPSA) is 91.2 Å². The third-order valence-corrected chi connectivity index (χ3v) is 3.00. The SMILES string of the molecule is Cc1cc(C)cc(OCC(=O)NN=Cc2cccc(O)c2O)c1. The molecule has 0 aliphatic rings. The minimum Gasteiger partial charge on any atom is -0.504 e. The third-order valence-electron chi connectivity index (χ3n) is 3.00. The maximum atomic E-state index is 11.7. The molecule has 0 atom stereocenters. The van der Waals surface area contributed by atoms with Crippen LogP contribution >= 0.6 is 0 Å². The zero-order valence-electron chi connectivity index (χ0n) is 12.9. The fourth-order valence-electron chi connectivity index (χ4n) is 2.02. The van der Waals surface area contributed by atoms with Crippen molar-refractivity contribution in [3.05, 3.63) is 53.1 Å². The predicted octanol–water partition coefficient (Wildman–Crippen LogP) is 2.24. The molecular weight excluding hydrogens is 296 g/mol. The number of carbonyl (C=O) groups is 1. The van der Waals surface area contributed by atoms with Gasteiger partial charge < -0.3 is 14.9 Å². The molecule has 0 heterocycles. The average Bonchev–Trinajstić information content (AvgIpc) is 2.48. The number of aromatic hydroxyl groups is 2. The van der Waals surface area contributed by atoms with E-state index >= 15 is 0 Å². The number of phenolic OH excluding ortho intramolecular Hbond substituents is 2. The number of nitrogens with zero attached hydrogens (tertiary/aromatic N) is 1. The lowest BCUT2D eigenvalue weighted by Gasteiger charge is -2.07. The molecule has 0 unspecified atom stereocenters. The van der Waals surface area contributed by atoms with Gasteiger partial charge in [0.1, 0.15) is 5.75 Å². The summed E-state index contributed by atoms with van der Waals surface area (Å²) in [7, 11) is 0. The van der Waals surface area contributed by atoms with Crippen LogP contribution in [0.2, 0.25) is 0 Å². The summed E-state index contributed by atoms with van der Waals surface area (Å²) in [5.74, 6) is -0.359. The molecule has 0 aromatic heterocycles. The zero-order valence-corrected chi connectivity index (χ0v) is 12.9. The largest absolute Gasteiger partial charge is 0.504 e. The zero-order chi connectivity index (χ0) is 16.8. The summed E-state index contributed by atoms with van der Waals surface area (Å²) in [4.78, 5) is 11.7. The van der Waals surface area contributed by atoms with Gasteiger partial charge in [0.25, 0.3) is 5.91 Å². The van der Waals surface area contributed by atoms with Gasteiger partial charge in [0.15, 0.2) is 18.1 Å². The molecule has 0 radical (unpaired) electrons. The molecule has 0 aliphatic heterocycles. The lowest BCUT2D eigenvalue weighted by Crippen LogP contribution is -2.24. The highest BCUT2D eigenvalue weighted by Gasteiger charge is 2.04. The van der Waals surface area contributed by atoms with Crippen LogP contribution < -0.4 is 10.2 Å². The Balaban J connectivity index is 1.87. The van der Waals surface area contributed by atoms with E-state index in [0.29, 0.717) is 11.3 Å². The summed E-state index contributed by atoms with van der Waals surface area (Å²) in [5, 5.41) is 22.6. The Morgan fingerprint density at radius 1 is 1.22 bits per heavy atom. The summed E-state index contributed by atoms with van der Waals surface area (Å²) < 4.78 is 5.40. The van der Waals surface area contributed by atoms with Crippen molar-refractivity contribution in [3.8, 4) is 17.2 Å². The van der Waals surface area contributed by atoms with Crippen LogP contribution in [0.3, 0.4) is 0 Å². The van der Waals surface area contributed by atoms with Gasteiger partial charge in [-0.15, -0.1) is 0 Å². The fraction of sp³-hybridized carbons (Fsp3) is 0.176. The number of ether oxygens (including phenoxy) is 1. The van der Waals surface area contributed by atoms with Crippen LogP contribution in [0.15, 0.2) is 41.5 Å². The van der Waals surface area contributed by atoms with Crippen molar-refractivity contribution in [3.63, 3.8) is 0 Å². The molecule has 0 fully saturated rings. The average molecular weight is 314 g/mol. The molecule has 120 valence electrons. The molecule has 2 aromatic carbocycles. The van der Waals surface area contributed by atoms with Crippen molar-refractivity contribution < 1.29 is 19.7 Å². The molecule has 0 saturated heterocycles. The van der Waals surface area contributed by atoms with Crippen LogP contribution in [0.1, 0.15) is 16.7 Å². The fourth-order valence-corrected chi connectivity index (χ4v) is 2.02. The van der Waals surface area contributed by atoms with E-state index in [4.69, 9.17) is 4.74 Å². The number of amides is 1. The molecule has 6 heteroatoms. The standard InChI is InChI=1S/C17H18N2O4/c1-11-6-12(2)8-14(7-11)23-10-16(21)19-18-9-13-4-3-5-15(20)17(13)22/h3-9,20,22H,10H2,1-2H3,(H,19,21). The first-order chi connectivity index (χ1) is 11.0. The van der Waals surface area contributed by atoms with E-state index in [1.165, 1.54) is 12.3 Å². The lowest BCUT2D eigenvalue weighted by atomic mass is 10.1. The Bertz CT molecular complexity index is 721. The van der Waals surface area contributed by atoms with Gasteiger partial charge in [-0.25, -0.2) is 5.43 Å². The number of carbonyl (C=O) groups excluding carboxylic acids is 1. The summed E-state index contributed by atoms with van der Waals surface area (Å²) in [5.41, 5.74) is 4.69. The van der Waals surface area contributed by atoms with E-state index in [2.05, 4.69) is 10.5 Å². The van der Waals surface area contributed by atoms with Crippen LogP contribution in [0.4, 0.5) is 0 Å². The quantitative estimate of drug-likeness (QED) is 0.448. The number of para-hydroxylation sites is 1. The van der Waals surface area contributed by atoms with Crippen molar-refractivity contribution in [1.29, 1.82) is 0 Å². The summed E-state index contributed by atoms with van der Waals surface area (Å²) in [6.45, 7) is 3.73. The second kappa shape index (κ2) is 7.31. The van der Waals surface area contributed by atoms with Gasteiger partial charge in [-0.1, -0.05) is 12.1 Å². The number of hydrogen-bond donors (Lipinski definition) is 3. The Morgan fingerprint density at radius 3 is 2.61 bits per heavy atom. The molecule has 3 N–H and O–H groups in total. The number of aryl methyl sites for hydroxylation is 2. The highest BCUT2D eigenvalue weighted by Crippen LogP contribution is 2.26. The van der Waals surface area contributed by atoms with Gasteiger partial charge in [0, 0.05) is 5.56 Å². The highest BCUT2D eigenvalue weighted by molar-refractivity contribution is 5.86. The van der Waals surface area contributed by atoms with Crippen LogP contribution in [-0.4, -0.2) is 28.9 Å². The van der Waals surface area contributed by atoms with Gasteiger partial charge in [0.2, 0.25) is 0 Å². The number of hydrazone groups is 1. The van der Waals surface area contributed by atoms with Gasteiger partial charge in [-0.3, -0.25) is 4.79 Å². The van der Waals surface area contributed by atoms with E-state index in [9.17, 15) is 15.0 Å². The first-order valence-electron chi connectivity index (χ1n) is 6.99. The lowest BCUT2D eigenvalue weighted by molar-refractivity contribution is -0.123. The minimum absolute atomic E-state index is 0.174. The smallest absolute Gasteiger partial charge is 0.277 e. The molecule has 1 amide bonds. The number of nitrogens with one attached hydrogen (secondary N) is 1. The molecule has 0 spiro atoms. The summed E-state index contributed by atoms with van der Waals surface area (Å²) in [6.07, 6.45) is 1.24. The van der Waals surface area contributed by atoms with Crippen LogP contribution in [0, 0.1) is 13.8 Å². The van der Waals surface area contributed by atoms with Crippen molar-refractivity contribution in [2.24, 2.45) is 5.10 Å². The second-order valence-electron chi connectivity index (χ2n) is 5.12. The van der Waals surface area contributed by atoms with Gasteiger partial charge in [-0.05, 0) is 49.2 Å². The second-order valence-corrected chi connectivity index (χ2v) is 5.12. The molecule has 2 rings (SSSR count). The monoisotopic (exact) mass is 314 g/mol. The number of phenols is 2. The molecule has 0 saturated carbocycles. The third kappa shape index (κ3) is 4.74. The molecule has 23 heavy (non-hydrogen) atoms. The number of hydrogen-bond acceptors (Lipinski definition) is 5. The first-order valence-corrected chi connectivity index (χ1v) is 6.99. The minimum atomic E-state index is -0.431. The maximum absolute atomic E-state index is 11.7. The van der Waals surface area contributed by atoms with Crippen molar-refractivity contribution in [2.75, 3.05) is 6.61 Å². The predicted molar refractivity (Wildman–Crippen MR) is 86.9 cm³/mol. The number of rotatable bonds is 5. The van der Waals surface area contributed by atoms with Gasteiger partial charge >= 0.3 is 0 Å². The van der Waals surface area contributed by atoms with E-state index in [1.54, 1.807) is 12.1 Å². The van der Waals surface area contributed by atoms with E-state index in [-0.39, 0.29) is 18.1 Å². The van der Waals surface area contributed by atoms with Crippen molar-refractivity contribution in [2.45, 2.75) is 13.8 Å². The van der Waals surface area contributed by atoms with Crippen LogP contribution in [0.25, 0.3) is 0 Å². The van der Waals surface area contributed by atoms with Crippen LogP contribution in [-0.2, 0) is 4.79 Å². The van der Waals surface area contributed by atoms with Gasteiger partial charge in [-0.2, -0.15) is 5.10 Å². The Morgan fingerprint density at radius 2 is 1.91 bits per heavy atom. The number of benzene rings is 2. The van der Waals surface area contributed by atoms with Gasteiger partial charge in [0.05, 0.1) is 6.21 Å². The van der Waals surface area contributed by atoms with Crippen molar-refractivity contribution in [1.82, 2.24) is 5.43 Å².